The third-order valence-corrected chi connectivity index (χ3v) is 4.53. The van der Waals surface area contributed by atoms with Gasteiger partial charge in [-0.3, -0.25) is 0 Å². The van der Waals surface area contributed by atoms with E-state index < -0.39 is 0 Å². The summed E-state index contributed by atoms with van der Waals surface area (Å²) in [6.07, 6.45) is 3.07. The summed E-state index contributed by atoms with van der Waals surface area (Å²) in [6.45, 7) is 9.27. The molecule has 1 N–H and O–H groups in total. The predicted octanol–water partition coefficient (Wildman–Crippen LogP) is 0.664. The second-order valence-electron chi connectivity index (χ2n) is 6.49. The van der Waals surface area contributed by atoms with E-state index in [9.17, 15) is 0 Å². The minimum atomic E-state index is 0.457. The highest BCUT2D eigenvalue weighted by molar-refractivity contribution is 4.60. The summed E-state index contributed by atoms with van der Waals surface area (Å²) in [5, 5.41) is 2.07. The zero-order valence-electron chi connectivity index (χ0n) is 16.0. The van der Waals surface area contributed by atoms with E-state index in [1.165, 1.54) is 0 Å². The Kier molecular flexibility index (Phi) is 13.3. The van der Waals surface area contributed by atoms with E-state index in [0.29, 0.717) is 65.5 Å². The van der Waals surface area contributed by atoms with Crippen molar-refractivity contribution in [1.82, 2.24) is 10.4 Å². The van der Waals surface area contributed by atoms with Gasteiger partial charge < -0.3 is 28.4 Å². The minimum absolute atomic E-state index is 0.457. The first-order valence-corrected chi connectivity index (χ1v) is 9.90. The van der Waals surface area contributed by atoms with E-state index in [-0.39, 0.29) is 0 Å². The number of rotatable bonds is 0. The lowest BCUT2D eigenvalue weighted by molar-refractivity contribution is -0.0251. The molecule has 3 heterocycles. The number of nitrogens with one attached hydrogen (secondary N) is 1. The topological polar surface area (TPSA) is 70.7 Å². The Bertz CT molecular complexity index is 247. The quantitative estimate of drug-likeness (QED) is 0.661. The highest BCUT2D eigenvalue weighted by Crippen LogP contribution is 2.14. The van der Waals surface area contributed by atoms with E-state index >= 15 is 0 Å². The minimum Gasteiger partial charge on any atom is -0.379 e. The molecule has 0 unspecified atom stereocenters. The highest BCUT2D eigenvalue weighted by Gasteiger charge is 2.10. The van der Waals surface area contributed by atoms with Crippen molar-refractivity contribution in [3.05, 3.63) is 0 Å². The molecule has 154 valence electrons. The molecule has 26 heavy (non-hydrogen) atoms. The molecule has 2 bridgehead atoms. The maximum absolute atomic E-state index is 5.73. The van der Waals surface area contributed by atoms with Crippen molar-refractivity contribution >= 4 is 0 Å². The van der Waals surface area contributed by atoms with Gasteiger partial charge in [-0.05, 0) is 25.2 Å². The monoisotopic (exact) mass is 376 g/mol. The average Bonchev–Trinajstić information content (AvgIpc) is 2.65. The van der Waals surface area contributed by atoms with Gasteiger partial charge in [-0.1, -0.05) is 0 Å². The summed E-state index contributed by atoms with van der Waals surface area (Å²) < 4.78 is 34.1. The zero-order chi connectivity index (χ0) is 18.1. The Labute approximate surface area is 157 Å². The fraction of sp³-hybridized carbons (Fsp3) is 1.00. The second-order valence-corrected chi connectivity index (χ2v) is 6.49. The van der Waals surface area contributed by atoms with Gasteiger partial charge in [0, 0.05) is 32.9 Å². The first-order chi connectivity index (χ1) is 12.9. The molecule has 0 atom stereocenters. The molecule has 0 radical (unpaired) electrons. The van der Waals surface area contributed by atoms with Gasteiger partial charge in [-0.15, -0.1) is 0 Å². The Morgan fingerprint density at radius 3 is 1.42 bits per heavy atom. The molecule has 0 amide bonds. The van der Waals surface area contributed by atoms with Crippen LogP contribution in [0.15, 0.2) is 0 Å². The van der Waals surface area contributed by atoms with Crippen LogP contribution >= 0.6 is 0 Å². The molecule has 3 rings (SSSR count). The highest BCUT2D eigenvalue weighted by atomic mass is 16.5. The third kappa shape index (κ3) is 11.4. The van der Waals surface area contributed by atoms with Crippen LogP contribution in [0, 0.1) is 5.92 Å². The Balaban J connectivity index is 1.87. The fourth-order valence-electron chi connectivity index (χ4n) is 2.88. The van der Waals surface area contributed by atoms with Crippen LogP contribution in [0.25, 0.3) is 0 Å². The molecule has 0 aromatic heterocycles. The molecule has 3 aliphatic heterocycles. The summed E-state index contributed by atoms with van der Waals surface area (Å²) >= 11 is 0. The predicted molar refractivity (Wildman–Crippen MR) is 97.0 cm³/mol. The molecule has 3 aliphatic rings. The van der Waals surface area contributed by atoms with Gasteiger partial charge in [0.25, 0.3) is 0 Å². The molecule has 0 aromatic carbocycles. The lowest BCUT2D eigenvalue weighted by Gasteiger charge is -2.24. The fourth-order valence-corrected chi connectivity index (χ4v) is 2.88. The standard InChI is InChI=1S/C18H36N2O6/c1-6-21-11-13-24-9-4-20-5-10-25-14-12-22-7-2-18(1)3-8-23-15-16-26-17-19-20/h18-19H,1-17H2. The van der Waals surface area contributed by atoms with E-state index in [0.717, 1.165) is 52.2 Å². The van der Waals surface area contributed by atoms with Crippen LogP contribution in [-0.2, 0) is 28.4 Å². The maximum Gasteiger partial charge on any atom is 0.109 e. The van der Waals surface area contributed by atoms with Crippen LogP contribution in [0.3, 0.4) is 0 Å². The van der Waals surface area contributed by atoms with Crippen LogP contribution in [0.2, 0.25) is 0 Å². The number of hydrogen-bond acceptors (Lipinski definition) is 8. The summed E-state index contributed by atoms with van der Waals surface area (Å²) in [7, 11) is 0. The molecular weight excluding hydrogens is 340 g/mol. The van der Waals surface area contributed by atoms with E-state index in [2.05, 4.69) is 10.4 Å². The van der Waals surface area contributed by atoms with Gasteiger partial charge in [0.1, 0.15) is 6.73 Å². The first kappa shape index (κ1) is 22.0. The van der Waals surface area contributed by atoms with Gasteiger partial charge in [-0.2, -0.15) is 0 Å². The van der Waals surface area contributed by atoms with E-state index in [1.807, 2.05) is 0 Å². The Morgan fingerprint density at radius 2 is 0.923 bits per heavy atom. The normalized spacial score (nSPS) is 30.5. The van der Waals surface area contributed by atoms with Crippen molar-refractivity contribution in [3.63, 3.8) is 0 Å². The summed E-state index contributed by atoms with van der Waals surface area (Å²) in [5.74, 6) is 0.547. The summed E-state index contributed by atoms with van der Waals surface area (Å²) in [4.78, 5) is 0. The molecule has 3 fully saturated rings. The SMILES string of the molecule is C1COCCN2CCOCCOCCC(CCO1)CCOCCOCN2. The molecule has 3 saturated heterocycles. The molecular formula is C18H36N2O6. The molecule has 0 saturated carbocycles. The molecule has 8 heteroatoms. The second kappa shape index (κ2) is 15.7. The molecule has 0 spiro atoms. The summed E-state index contributed by atoms with van der Waals surface area (Å²) in [5.41, 5.74) is 3.27. The van der Waals surface area contributed by atoms with Crippen molar-refractivity contribution in [2.75, 3.05) is 92.5 Å². The van der Waals surface area contributed by atoms with E-state index in [4.69, 9.17) is 28.4 Å². The number of hydrazine groups is 1. The van der Waals surface area contributed by atoms with Crippen LogP contribution in [-0.4, -0.2) is 97.5 Å². The number of ether oxygens (including phenoxy) is 6. The lowest BCUT2D eigenvalue weighted by Crippen LogP contribution is -2.43. The molecule has 0 aromatic rings. The van der Waals surface area contributed by atoms with Gasteiger partial charge >= 0.3 is 0 Å². The molecule has 0 aliphatic carbocycles. The first-order valence-electron chi connectivity index (χ1n) is 9.90. The largest absolute Gasteiger partial charge is 0.379 e. The maximum atomic E-state index is 5.73. The average molecular weight is 376 g/mol. The van der Waals surface area contributed by atoms with Crippen LogP contribution in [0.4, 0.5) is 0 Å². The van der Waals surface area contributed by atoms with E-state index in [1.54, 1.807) is 0 Å². The number of hydrogen-bond donors (Lipinski definition) is 1. The van der Waals surface area contributed by atoms with Crippen molar-refractivity contribution in [1.29, 1.82) is 0 Å². The van der Waals surface area contributed by atoms with Crippen LogP contribution < -0.4 is 5.43 Å². The summed E-state index contributed by atoms with van der Waals surface area (Å²) in [6, 6.07) is 0. The van der Waals surface area contributed by atoms with Gasteiger partial charge in [-0.25, -0.2) is 10.4 Å². The van der Waals surface area contributed by atoms with Crippen molar-refractivity contribution in [3.8, 4) is 0 Å². The number of fused-ring (bicyclic) bond motifs is 21. The lowest BCUT2D eigenvalue weighted by atomic mass is 9.99. The van der Waals surface area contributed by atoms with Gasteiger partial charge in [0.05, 0.1) is 52.9 Å². The molecule has 8 nitrogen and oxygen atoms in total. The Hall–Kier alpha value is -0.320. The smallest absolute Gasteiger partial charge is 0.109 e. The Morgan fingerprint density at radius 1 is 0.500 bits per heavy atom. The van der Waals surface area contributed by atoms with Gasteiger partial charge in [0.15, 0.2) is 0 Å². The van der Waals surface area contributed by atoms with Crippen molar-refractivity contribution in [2.24, 2.45) is 5.92 Å². The van der Waals surface area contributed by atoms with Crippen molar-refractivity contribution in [2.45, 2.75) is 19.3 Å². The van der Waals surface area contributed by atoms with Crippen molar-refractivity contribution < 1.29 is 28.4 Å². The van der Waals surface area contributed by atoms with Crippen LogP contribution in [0.5, 0.6) is 0 Å². The van der Waals surface area contributed by atoms with Crippen LogP contribution in [0.1, 0.15) is 19.3 Å². The third-order valence-electron chi connectivity index (χ3n) is 4.53. The van der Waals surface area contributed by atoms with Gasteiger partial charge in [0.2, 0.25) is 0 Å². The zero-order valence-corrected chi connectivity index (χ0v) is 16.0. The number of nitrogens with zero attached hydrogens (tertiary/aromatic N) is 1.